The number of carbonyl (C=O) groups excluding carboxylic acids is 1. The molecule has 0 atom stereocenters. The first-order valence-corrected chi connectivity index (χ1v) is 10.6. The van der Waals surface area contributed by atoms with Gasteiger partial charge in [-0.3, -0.25) is 4.79 Å². The van der Waals surface area contributed by atoms with E-state index in [1.165, 1.54) is 0 Å². The van der Waals surface area contributed by atoms with E-state index < -0.39 is 0 Å². The number of amides is 1. The van der Waals surface area contributed by atoms with Crippen LogP contribution in [0.5, 0.6) is 0 Å². The molecule has 162 valence electrons. The van der Waals surface area contributed by atoms with Crippen LogP contribution >= 0.6 is 0 Å². The summed E-state index contributed by atoms with van der Waals surface area (Å²) in [6, 6.07) is 9.58. The lowest BCUT2D eigenvalue weighted by Gasteiger charge is -2.33. The van der Waals surface area contributed by atoms with Gasteiger partial charge in [0.2, 0.25) is 0 Å². The van der Waals surface area contributed by atoms with Crippen LogP contribution < -0.4 is 10.2 Å². The molecule has 0 radical (unpaired) electrons. The fraction of sp³-hybridized carbons (Fsp3) is 0.308. The zero-order chi connectivity index (χ0) is 22.4. The van der Waals surface area contributed by atoms with E-state index >= 15 is 0 Å². The maximum absolute atomic E-state index is 12.7. The van der Waals surface area contributed by atoms with Crippen LogP contribution in [0.1, 0.15) is 41.3 Å². The molecule has 1 aromatic carbocycles. The minimum atomic E-state index is -0.173. The smallest absolute Gasteiger partial charge is 0.257 e. The van der Waals surface area contributed by atoms with Gasteiger partial charge >= 0.3 is 0 Å². The second kappa shape index (κ2) is 10.1. The quantitative estimate of drug-likeness (QED) is 0.470. The van der Waals surface area contributed by atoms with Crippen molar-refractivity contribution in [2.45, 2.75) is 26.7 Å². The highest BCUT2D eigenvalue weighted by Gasteiger charge is 2.22. The third-order valence-electron chi connectivity index (χ3n) is 5.74. The number of anilines is 2. The average molecular weight is 418 g/mol. The third kappa shape index (κ3) is 5.43. The largest absolute Gasteiger partial charge is 0.501 e. The highest BCUT2D eigenvalue weighted by molar-refractivity contribution is 6.04. The van der Waals surface area contributed by atoms with Crippen molar-refractivity contribution in [1.29, 1.82) is 0 Å². The number of piperidine rings is 1. The van der Waals surface area contributed by atoms with Gasteiger partial charge in [-0.25, -0.2) is 4.98 Å². The van der Waals surface area contributed by atoms with Gasteiger partial charge in [0, 0.05) is 30.9 Å². The summed E-state index contributed by atoms with van der Waals surface area (Å²) < 4.78 is 5.28. The van der Waals surface area contributed by atoms with E-state index in [0.29, 0.717) is 11.5 Å². The van der Waals surface area contributed by atoms with Crippen molar-refractivity contribution in [3.8, 4) is 0 Å². The van der Waals surface area contributed by atoms with Crippen LogP contribution in [0.25, 0.3) is 5.57 Å². The maximum atomic E-state index is 12.7. The summed E-state index contributed by atoms with van der Waals surface area (Å²) in [6.45, 7) is 13.8. The van der Waals surface area contributed by atoms with Crippen molar-refractivity contribution in [3.05, 3.63) is 84.3 Å². The van der Waals surface area contributed by atoms with Crippen molar-refractivity contribution in [2.75, 3.05) is 30.4 Å². The molecule has 1 amide bonds. The Kier molecular flexibility index (Phi) is 7.29. The summed E-state index contributed by atoms with van der Waals surface area (Å²) in [5, 5.41) is 2.96. The first-order chi connectivity index (χ1) is 14.9. The minimum absolute atomic E-state index is 0.173. The van der Waals surface area contributed by atoms with E-state index in [-0.39, 0.29) is 5.91 Å². The number of aryl methyl sites for hydroxylation is 1. The standard InChI is InChI=1S/C26H31N3O2/c1-6-7-18(2)24-10-9-23(16-19(24)3)28-26(30)22-8-11-25(27-17-22)29-14-12-21(13-15-29)20(4)31-5/h6-11,16-17,21H,2,4,12-15H2,1,3,5H3,(H,28,30)/b7-6-. The normalized spacial score (nSPS) is 14.5. The van der Waals surface area contributed by atoms with Crippen molar-refractivity contribution < 1.29 is 9.53 Å². The fourth-order valence-corrected chi connectivity index (χ4v) is 3.90. The van der Waals surface area contributed by atoms with Crippen LogP contribution in [0.3, 0.4) is 0 Å². The molecule has 1 N–H and O–H groups in total. The number of methoxy groups -OCH3 is 1. The molecule has 5 heteroatoms. The number of hydrogen-bond donors (Lipinski definition) is 1. The molecule has 31 heavy (non-hydrogen) atoms. The summed E-state index contributed by atoms with van der Waals surface area (Å²) in [6.07, 6.45) is 7.57. The number of pyridine rings is 1. The summed E-state index contributed by atoms with van der Waals surface area (Å²) in [5.74, 6) is 1.97. The molecule has 1 fully saturated rings. The lowest BCUT2D eigenvalue weighted by molar-refractivity contribution is 0.102. The molecule has 1 aliphatic heterocycles. The number of carbonyl (C=O) groups is 1. The molecule has 0 unspecified atom stereocenters. The van der Waals surface area contributed by atoms with E-state index in [9.17, 15) is 4.79 Å². The number of hydrogen-bond acceptors (Lipinski definition) is 4. The maximum Gasteiger partial charge on any atom is 0.257 e. The van der Waals surface area contributed by atoms with Crippen molar-refractivity contribution in [2.24, 2.45) is 5.92 Å². The Morgan fingerprint density at radius 1 is 1.23 bits per heavy atom. The molecule has 5 nitrogen and oxygen atoms in total. The Bertz CT molecular complexity index is 984. The molecule has 1 aromatic heterocycles. The van der Waals surface area contributed by atoms with E-state index in [1.807, 2.05) is 56.3 Å². The van der Waals surface area contributed by atoms with Crippen LogP contribution in [-0.2, 0) is 4.74 Å². The number of nitrogens with zero attached hydrogens (tertiary/aromatic N) is 2. The van der Waals surface area contributed by atoms with E-state index in [4.69, 9.17) is 4.74 Å². The van der Waals surface area contributed by atoms with Crippen LogP contribution in [0.4, 0.5) is 11.5 Å². The van der Waals surface area contributed by atoms with Crippen LogP contribution in [0.2, 0.25) is 0 Å². The number of allylic oxidation sites excluding steroid dienone is 4. The van der Waals surface area contributed by atoms with Gasteiger partial charge in [-0.15, -0.1) is 0 Å². The predicted molar refractivity (Wildman–Crippen MR) is 128 cm³/mol. The number of rotatable bonds is 7. The number of benzene rings is 1. The molecular weight excluding hydrogens is 386 g/mol. The molecule has 0 spiro atoms. The van der Waals surface area contributed by atoms with Gasteiger partial charge in [-0.1, -0.05) is 31.4 Å². The Balaban J connectivity index is 1.61. The molecule has 1 aliphatic rings. The van der Waals surface area contributed by atoms with Crippen LogP contribution in [0, 0.1) is 12.8 Å². The van der Waals surface area contributed by atoms with Gasteiger partial charge in [0.1, 0.15) is 5.82 Å². The molecule has 2 aromatic rings. The lowest BCUT2D eigenvalue weighted by atomic mass is 9.95. The van der Waals surface area contributed by atoms with Crippen molar-refractivity contribution in [3.63, 3.8) is 0 Å². The predicted octanol–water partition coefficient (Wildman–Crippen LogP) is 5.61. The molecule has 0 saturated carbocycles. The Morgan fingerprint density at radius 2 is 1.97 bits per heavy atom. The Hall–Kier alpha value is -3.34. The van der Waals surface area contributed by atoms with Gasteiger partial charge in [-0.05, 0) is 67.7 Å². The third-order valence-corrected chi connectivity index (χ3v) is 5.74. The lowest BCUT2D eigenvalue weighted by Crippen LogP contribution is -2.34. The van der Waals surface area contributed by atoms with Crippen LogP contribution in [-0.4, -0.2) is 31.1 Å². The summed E-state index contributed by atoms with van der Waals surface area (Å²) in [7, 11) is 1.68. The van der Waals surface area contributed by atoms with Gasteiger partial charge < -0.3 is 15.0 Å². The Labute approximate surface area is 185 Å². The van der Waals surface area contributed by atoms with E-state index in [1.54, 1.807) is 13.3 Å². The molecule has 2 heterocycles. The fourth-order valence-electron chi connectivity index (χ4n) is 3.90. The highest BCUT2D eigenvalue weighted by atomic mass is 16.5. The Morgan fingerprint density at radius 3 is 2.55 bits per heavy atom. The monoisotopic (exact) mass is 417 g/mol. The van der Waals surface area contributed by atoms with Gasteiger partial charge in [0.25, 0.3) is 5.91 Å². The zero-order valence-electron chi connectivity index (χ0n) is 18.6. The first kappa shape index (κ1) is 22.3. The average Bonchev–Trinajstić information content (AvgIpc) is 2.79. The zero-order valence-corrected chi connectivity index (χ0v) is 18.6. The minimum Gasteiger partial charge on any atom is -0.501 e. The number of ether oxygens (including phenoxy) is 1. The van der Waals surface area contributed by atoms with E-state index in [0.717, 1.165) is 59.9 Å². The van der Waals surface area contributed by atoms with Crippen molar-refractivity contribution in [1.82, 2.24) is 4.98 Å². The summed E-state index contributed by atoms with van der Waals surface area (Å²) in [5.41, 5.74) is 4.37. The molecule has 0 bridgehead atoms. The first-order valence-electron chi connectivity index (χ1n) is 10.6. The highest BCUT2D eigenvalue weighted by Crippen LogP contribution is 2.27. The van der Waals surface area contributed by atoms with Gasteiger partial charge in [0.05, 0.1) is 18.4 Å². The van der Waals surface area contributed by atoms with Gasteiger partial charge in [0.15, 0.2) is 0 Å². The molecule has 1 saturated heterocycles. The SMILES string of the molecule is C=C(/C=C\C)c1ccc(NC(=O)c2ccc(N3CCC(C(=C)OC)CC3)nc2)cc1C. The summed E-state index contributed by atoms with van der Waals surface area (Å²) >= 11 is 0. The van der Waals surface area contributed by atoms with E-state index in [2.05, 4.69) is 28.4 Å². The molecule has 3 rings (SSSR count). The van der Waals surface area contributed by atoms with Crippen molar-refractivity contribution >= 4 is 23.0 Å². The second-order valence-corrected chi connectivity index (χ2v) is 7.85. The van der Waals surface area contributed by atoms with Gasteiger partial charge in [-0.2, -0.15) is 0 Å². The topological polar surface area (TPSA) is 54.5 Å². The van der Waals surface area contributed by atoms with Crippen LogP contribution in [0.15, 0.2) is 67.6 Å². The second-order valence-electron chi connectivity index (χ2n) is 7.85. The molecular formula is C26H31N3O2. The number of aromatic nitrogens is 1. The number of nitrogens with one attached hydrogen (secondary N) is 1. The molecule has 0 aliphatic carbocycles. The summed E-state index contributed by atoms with van der Waals surface area (Å²) in [4.78, 5) is 19.4.